The lowest BCUT2D eigenvalue weighted by Gasteiger charge is -2.05. The Hall–Kier alpha value is -3.36. The molecule has 0 heterocycles. The first-order valence-corrected chi connectivity index (χ1v) is 7.30. The van der Waals surface area contributed by atoms with Crippen LogP contribution in [-0.2, 0) is 4.79 Å². The van der Waals surface area contributed by atoms with Crippen LogP contribution in [0.1, 0.15) is 18.1 Å². The van der Waals surface area contributed by atoms with Crippen molar-refractivity contribution < 1.29 is 31.7 Å². The molecule has 2 aromatic carbocycles. The minimum atomic E-state index is -2.29. The van der Waals surface area contributed by atoms with Crippen molar-refractivity contribution in [2.75, 3.05) is 0 Å². The molecule has 0 spiro atoms. The molecular weight excluding hydrogens is 373 g/mol. The second-order valence-corrected chi connectivity index (χ2v) is 5.36. The summed E-state index contributed by atoms with van der Waals surface area (Å²) in [4.78, 5) is 21.9. The standard InChI is InChI=1S/C18H10F5NO3/c1-9(8-12-14(19)16(21)18(23)17(22)15(12)20)13(25)7-4-10-2-5-11(6-3-10)24(26)27/h2-8H,1H3. The molecule has 0 aromatic heterocycles. The van der Waals surface area contributed by atoms with Crippen molar-refractivity contribution in [2.45, 2.75) is 6.92 Å². The van der Waals surface area contributed by atoms with E-state index in [9.17, 15) is 36.9 Å². The van der Waals surface area contributed by atoms with Crippen molar-refractivity contribution in [3.8, 4) is 0 Å². The molecule has 0 radical (unpaired) electrons. The number of carbonyl (C=O) groups excluding carboxylic acids is 1. The molecule has 2 rings (SSSR count). The van der Waals surface area contributed by atoms with Gasteiger partial charge in [-0.25, -0.2) is 22.0 Å². The van der Waals surface area contributed by atoms with Crippen LogP contribution in [0.2, 0.25) is 0 Å². The third-order valence-electron chi connectivity index (χ3n) is 3.52. The van der Waals surface area contributed by atoms with Gasteiger partial charge in [-0.2, -0.15) is 0 Å². The van der Waals surface area contributed by atoms with Crippen molar-refractivity contribution in [1.82, 2.24) is 0 Å². The van der Waals surface area contributed by atoms with E-state index in [4.69, 9.17) is 0 Å². The fraction of sp³-hybridized carbons (Fsp3) is 0.0556. The predicted molar refractivity (Wildman–Crippen MR) is 87.0 cm³/mol. The van der Waals surface area contributed by atoms with E-state index >= 15 is 0 Å². The molecule has 2 aromatic rings. The van der Waals surface area contributed by atoms with Crippen molar-refractivity contribution >= 4 is 23.6 Å². The van der Waals surface area contributed by atoms with Gasteiger partial charge in [-0.05, 0) is 42.3 Å². The molecule has 0 bridgehead atoms. The maximum Gasteiger partial charge on any atom is 0.269 e. The second kappa shape index (κ2) is 7.90. The summed E-state index contributed by atoms with van der Waals surface area (Å²) in [5.74, 6) is -11.3. The van der Waals surface area contributed by atoms with Crippen LogP contribution in [0, 0.1) is 39.2 Å². The molecule has 9 heteroatoms. The third kappa shape index (κ3) is 4.25. The number of allylic oxidation sites excluding steroid dienone is 2. The zero-order chi connectivity index (χ0) is 20.3. The number of nitro benzene ring substituents is 1. The summed E-state index contributed by atoms with van der Waals surface area (Å²) in [6.45, 7) is 1.14. The van der Waals surface area contributed by atoms with Crippen LogP contribution in [0.5, 0.6) is 0 Å². The van der Waals surface area contributed by atoms with Gasteiger partial charge in [-0.15, -0.1) is 0 Å². The Kier molecular flexibility index (Phi) is 5.84. The van der Waals surface area contributed by atoms with E-state index in [0.29, 0.717) is 11.6 Å². The van der Waals surface area contributed by atoms with E-state index < -0.39 is 45.4 Å². The lowest BCUT2D eigenvalue weighted by Crippen LogP contribution is -2.05. The SMILES string of the molecule is CC(=Cc1c(F)c(F)c(F)c(F)c1F)C(=O)C=Cc1ccc([N+](=O)[O-])cc1. The summed E-state index contributed by atoms with van der Waals surface area (Å²) in [5, 5.41) is 10.6. The molecule has 0 atom stereocenters. The molecule has 0 aliphatic heterocycles. The van der Waals surface area contributed by atoms with Gasteiger partial charge in [0.05, 0.1) is 10.5 Å². The zero-order valence-corrected chi connectivity index (χ0v) is 13.6. The van der Waals surface area contributed by atoms with Gasteiger partial charge in [0.1, 0.15) is 0 Å². The van der Waals surface area contributed by atoms with Crippen LogP contribution >= 0.6 is 0 Å². The number of hydrogen-bond donors (Lipinski definition) is 0. The first-order chi connectivity index (χ1) is 12.6. The Morgan fingerprint density at radius 1 is 0.926 bits per heavy atom. The number of ketones is 1. The van der Waals surface area contributed by atoms with Gasteiger partial charge < -0.3 is 0 Å². The number of halogens is 5. The minimum absolute atomic E-state index is 0.152. The lowest BCUT2D eigenvalue weighted by molar-refractivity contribution is -0.384. The Bertz CT molecular complexity index is 952. The number of hydrogen-bond acceptors (Lipinski definition) is 3. The molecular formula is C18H10F5NO3. The fourth-order valence-corrected chi connectivity index (χ4v) is 2.05. The largest absolute Gasteiger partial charge is 0.290 e. The molecule has 0 aliphatic carbocycles. The van der Waals surface area contributed by atoms with Crippen LogP contribution in [-0.4, -0.2) is 10.7 Å². The maximum absolute atomic E-state index is 13.6. The van der Waals surface area contributed by atoms with Gasteiger partial charge in [-0.3, -0.25) is 14.9 Å². The van der Waals surface area contributed by atoms with Gasteiger partial charge in [0, 0.05) is 12.1 Å². The van der Waals surface area contributed by atoms with Gasteiger partial charge in [-0.1, -0.05) is 6.08 Å². The fourth-order valence-electron chi connectivity index (χ4n) is 2.05. The number of carbonyl (C=O) groups is 1. The van der Waals surface area contributed by atoms with E-state index in [1.165, 1.54) is 30.3 Å². The van der Waals surface area contributed by atoms with Gasteiger partial charge in [0.25, 0.3) is 5.69 Å². The average Bonchev–Trinajstić information content (AvgIpc) is 2.66. The molecule has 0 N–H and O–H groups in total. The highest BCUT2D eigenvalue weighted by atomic mass is 19.2. The van der Waals surface area contributed by atoms with E-state index in [0.717, 1.165) is 13.0 Å². The third-order valence-corrected chi connectivity index (χ3v) is 3.52. The summed E-state index contributed by atoms with van der Waals surface area (Å²) < 4.78 is 66.6. The van der Waals surface area contributed by atoms with Crippen LogP contribution in [0.25, 0.3) is 12.2 Å². The lowest BCUT2D eigenvalue weighted by atomic mass is 10.1. The monoisotopic (exact) mass is 383 g/mol. The molecule has 0 unspecified atom stereocenters. The highest BCUT2D eigenvalue weighted by Crippen LogP contribution is 2.25. The number of rotatable bonds is 5. The molecule has 27 heavy (non-hydrogen) atoms. The van der Waals surface area contributed by atoms with E-state index in [1.54, 1.807) is 0 Å². The summed E-state index contributed by atoms with van der Waals surface area (Å²) in [7, 11) is 0. The smallest absolute Gasteiger partial charge is 0.269 e. The topological polar surface area (TPSA) is 60.2 Å². The van der Waals surface area contributed by atoms with E-state index in [2.05, 4.69) is 0 Å². The number of nitro groups is 1. The quantitative estimate of drug-likeness (QED) is 0.183. The molecule has 0 aliphatic rings. The summed E-state index contributed by atoms with van der Waals surface area (Å²) in [6.07, 6.45) is 2.83. The number of nitrogens with zero attached hydrogens (tertiary/aromatic N) is 1. The molecule has 0 saturated carbocycles. The maximum atomic E-state index is 13.6. The van der Waals surface area contributed by atoms with E-state index in [1.807, 2.05) is 0 Å². The number of benzene rings is 2. The Morgan fingerprint density at radius 2 is 1.41 bits per heavy atom. The van der Waals surface area contributed by atoms with Gasteiger partial charge >= 0.3 is 0 Å². The Labute approximate surface area is 149 Å². The highest BCUT2D eigenvalue weighted by Gasteiger charge is 2.24. The van der Waals surface area contributed by atoms with E-state index in [-0.39, 0.29) is 11.3 Å². The Balaban J connectivity index is 2.28. The Morgan fingerprint density at radius 3 is 1.89 bits per heavy atom. The van der Waals surface area contributed by atoms with Crippen LogP contribution in [0.3, 0.4) is 0 Å². The summed E-state index contributed by atoms with van der Waals surface area (Å²) in [6, 6.07) is 5.15. The van der Waals surface area contributed by atoms with Gasteiger partial charge in [0.15, 0.2) is 29.1 Å². The normalized spacial score (nSPS) is 11.9. The van der Waals surface area contributed by atoms with Crippen molar-refractivity contribution in [3.63, 3.8) is 0 Å². The summed E-state index contributed by atoms with van der Waals surface area (Å²) >= 11 is 0. The second-order valence-electron chi connectivity index (χ2n) is 5.36. The molecule has 0 fully saturated rings. The van der Waals surface area contributed by atoms with Gasteiger partial charge in [0.2, 0.25) is 5.82 Å². The zero-order valence-electron chi connectivity index (χ0n) is 13.6. The average molecular weight is 383 g/mol. The first-order valence-electron chi connectivity index (χ1n) is 7.30. The molecule has 0 saturated heterocycles. The van der Waals surface area contributed by atoms with Crippen molar-refractivity contribution in [2.24, 2.45) is 0 Å². The number of non-ortho nitro benzene ring substituents is 1. The van der Waals surface area contributed by atoms with Crippen molar-refractivity contribution in [1.29, 1.82) is 0 Å². The van der Waals surface area contributed by atoms with Crippen molar-refractivity contribution in [3.05, 3.63) is 86.2 Å². The molecule has 140 valence electrons. The molecule has 0 amide bonds. The van der Waals surface area contributed by atoms with Crippen LogP contribution in [0.4, 0.5) is 27.6 Å². The predicted octanol–water partition coefficient (Wildman–Crippen LogP) is 4.98. The summed E-state index contributed by atoms with van der Waals surface area (Å²) in [5.41, 5.74) is -1.23. The highest BCUT2D eigenvalue weighted by molar-refractivity contribution is 6.08. The van der Waals surface area contributed by atoms with Crippen LogP contribution in [0.15, 0.2) is 35.9 Å². The minimum Gasteiger partial charge on any atom is -0.290 e. The first kappa shape index (κ1) is 20.0. The molecule has 4 nitrogen and oxygen atoms in total. The van der Waals surface area contributed by atoms with Crippen LogP contribution < -0.4 is 0 Å².